The fourth-order valence-electron chi connectivity index (χ4n) is 2.48. The topological polar surface area (TPSA) is 84.5 Å². The van der Waals surface area contributed by atoms with Crippen LogP contribution in [0.25, 0.3) is 0 Å². The van der Waals surface area contributed by atoms with E-state index >= 15 is 0 Å². The third-order valence-electron chi connectivity index (χ3n) is 3.86. The van der Waals surface area contributed by atoms with Crippen molar-refractivity contribution in [3.8, 4) is 0 Å². The van der Waals surface area contributed by atoms with Crippen molar-refractivity contribution in [2.45, 2.75) is 43.4 Å². The second-order valence-corrected chi connectivity index (χ2v) is 8.90. The number of hydrogen-bond acceptors (Lipinski definition) is 5. The number of methoxy groups -OCH3 is 1. The molecule has 2 aromatic carbocycles. The molecule has 2 amide bonds. The number of carbonyl (C=O) groups is 3. The second kappa shape index (κ2) is 9.60. The van der Waals surface area contributed by atoms with E-state index in [2.05, 4.69) is 10.6 Å². The first-order chi connectivity index (χ1) is 13.6. The summed E-state index contributed by atoms with van der Waals surface area (Å²) in [5, 5.41) is 5.29. The molecule has 0 aliphatic carbocycles. The van der Waals surface area contributed by atoms with Gasteiger partial charge in [-0.1, -0.05) is 12.1 Å². The largest absolute Gasteiger partial charge is 0.468 e. The first-order valence-electron chi connectivity index (χ1n) is 9.18. The molecule has 0 heterocycles. The molecular formula is C22H26N2O4S. The molecule has 1 atom stereocenters. The molecule has 7 heteroatoms. The molecule has 6 nitrogen and oxygen atoms in total. The van der Waals surface area contributed by atoms with Gasteiger partial charge < -0.3 is 15.4 Å². The molecule has 2 aromatic rings. The maximum absolute atomic E-state index is 12.7. The van der Waals surface area contributed by atoms with Crippen LogP contribution in [-0.2, 0) is 9.53 Å². The highest BCUT2D eigenvalue weighted by molar-refractivity contribution is 8.00. The normalized spacial score (nSPS) is 12.0. The molecule has 2 N–H and O–H groups in total. The average Bonchev–Trinajstić information content (AvgIpc) is 2.66. The van der Waals surface area contributed by atoms with Crippen LogP contribution in [0.1, 0.15) is 48.4 Å². The van der Waals surface area contributed by atoms with Gasteiger partial charge in [-0.3, -0.25) is 14.4 Å². The van der Waals surface area contributed by atoms with E-state index in [-0.39, 0.29) is 23.3 Å². The molecule has 0 unspecified atom stereocenters. The Hall–Kier alpha value is -2.80. The lowest BCUT2D eigenvalue weighted by Gasteiger charge is -2.20. The number of anilines is 1. The Morgan fingerprint density at radius 2 is 1.59 bits per heavy atom. The zero-order chi connectivity index (χ0) is 21.6. The van der Waals surface area contributed by atoms with Crippen molar-refractivity contribution >= 4 is 35.2 Å². The summed E-state index contributed by atoms with van der Waals surface area (Å²) in [5.41, 5.74) is 1.22. The molecule has 0 bridgehead atoms. The number of amides is 2. The minimum absolute atomic E-state index is 0.172. The van der Waals surface area contributed by atoms with E-state index in [9.17, 15) is 14.4 Å². The summed E-state index contributed by atoms with van der Waals surface area (Å²) >= 11 is 1.27. The van der Waals surface area contributed by atoms with Crippen LogP contribution in [0.3, 0.4) is 0 Å². The Balaban J connectivity index is 2.11. The molecule has 2 rings (SSSR count). The van der Waals surface area contributed by atoms with Crippen LogP contribution < -0.4 is 10.6 Å². The average molecular weight is 415 g/mol. The van der Waals surface area contributed by atoms with Crippen LogP contribution >= 0.6 is 11.8 Å². The van der Waals surface area contributed by atoms with Crippen molar-refractivity contribution < 1.29 is 19.1 Å². The monoisotopic (exact) mass is 414 g/mol. The summed E-state index contributed by atoms with van der Waals surface area (Å²) in [4.78, 5) is 37.3. The number of hydrogen-bond donors (Lipinski definition) is 2. The molecule has 29 heavy (non-hydrogen) atoms. The number of ether oxygens (including phenoxy) is 1. The van der Waals surface area contributed by atoms with Gasteiger partial charge in [0.15, 0.2) is 0 Å². The van der Waals surface area contributed by atoms with Crippen LogP contribution in [0.15, 0.2) is 53.4 Å². The molecule has 154 valence electrons. The summed E-state index contributed by atoms with van der Waals surface area (Å²) in [7, 11) is 1.34. The van der Waals surface area contributed by atoms with E-state index in [1.165, 1.54) is 18.9 Å². The van der Waals surface area contributed by atoms with Gasteiger partial charge in [-0.05, 0) is 64.1 Å². The summed E-state index contributed by atoms with van der Waals surface area (Å²) in [6, 6.07) is 13.8. The van der Waals surface area contributed by atoms with E-state index in [4.69, 9.17) is 4.74 Å². The lowest BCUT2D eigenvalue weighted by molar-refractivity contribution is -0.139. The van der Waals surface area contributed by atoms with Crippen LogP contribution in [0, 0.1) is 0 Å². The molecule has 0 spiro atoms. The van der Waals surface area contributed by atoms with E-state index in [1.54, 1.807) is 49.4 Å². The van der Waals surface area contributed by atoms with Crippen LogP contribution in [0.5, 0.6) is 0 Å². The summed E-state index contributed by atoms with van der Waals surface area (Å²) < 4.78 is 4.75. The molecule has 0 saturated heterocycles. The highest BCUT2D eigenvalue weighted by Gasteiger charge is 2.19. The Kier molecular flexibility index (Phi) is 7.45. The lowest BCUT2D eigenvalue weighted by atomic mass is 10.1. The van der Waals surface area contributed by atoms with Crippen molar-refractivity contribution in [3.63, 3.8) is 0 Å². The predicted molar refractivity (Wildman–Crippen MR) is 115 cm³/mol. The van der Waals surface area contributed by atoms with Gasteiger partial charge in [-0.25, -0.2) is 0 Å². The predicted octanol–water partition coefficient (Wildman–Crippen LogP) is 4.12. The van der Waals surface area contributed by atoms with Gasteiger partial charge >= 0.3 is 5.97 Å². The van der Waals surface area contributed by atoms with Gasteiger partial charge in [0.1, 0.15) is 5.25 Å². The SMILES string of the molecule is COC(=O)[C@H](C)Sc1ccccc1C(=O)Nc1ccc(C(=O)NC(C)(C)C)cc1. The maximum Gasteiger partial charge on any atom is 0.318 e. The molecule has 0 aromatic heterocycles. The van der Waals surface area contributed by atoms with Crippen LogP contribution in [0.2, 0.25) is 0 Å². The fourth-order valence-corrected chi connectivity index (χ4v) is 3.50. The molecule has 0 saturated carbocycles. The Labute approximate surface area is 175 Å². The van der Waals surface area contributed by atoms with Crippen molar-refractivity contribution in [2.24, 2.45) is 0 Å². The minimum atomic E-state index is -0.436. The zero-order valence-corrected chi connectivity index (χ0v) is 18.1. The quantitative estimate of drug-likeness (QED) is 0.549. The van der Waals surface area contributed by atoms with Crippen molar-refractivity contribution in [3.05, 3.63) is 59.7 Å². The summed E-state index contributed by atoms with van der Waals surface area (Å²) in [6.45, 7) is 7.47. The first kappa shape index (κ1) is 22.5. The van der Waals surface area contributed by atoms with Gasteiger partial charge in [-0.2, -0.15) is 0 Å². The third kappa shape index (κ3) is 6.64. The molecular weight excluding hydrogens is 388 g/mol. The van der Waals surface area contributed by atoms with E-state index in [1.807, 2.05) is 26.8 Å². The smallest absolute Gasteiger partial charge is 0.318 e. The number of thioether (sulfide) groups is 1. The zero-order valence-electron chi connectivity index (χ0n) is 17.2. The molecule has 0 fully saturated rings. The summed E-state index contributed by atoms with van der Waals surface area (Å²) in [6.07, 6.45) is 0. The Morgan fingerprint density at radius 3 is 2.17 bits per heavy atom. The summed E-state index contributed by atoms with van der Waals surface area (Å²) in [5.74, 6) is -0.819. The van der Waals surface area contributed by atoms with Gasteiger partial charge in [0.25, 0.3) is 11.8 Å². The Morgan fingerprint density at radius 1 is 0.966 bits per heavy atom. The van der Waals surface area contributed by atoms with E-state index in [0.29, 0.717) is 21.7 Å². The van der Waals surface area contributed by atoms with Gasteiger partial charge in [-0.15, -0.1) is 11.8 Å². The maximum atomic E-state index is 12.7. The van der Waals surface area contributed by atoms with Crippen molar-refractivity contribution in [1.82, 2.24) is 5.32 Å². The van der Waals surface area contributed by atoms with Gasteiger partial charge in [0.2, 0.25) is 0 Å². The van der Waals surface area contributed by atoms with Crippen LogP contribution in [0.4, 0.5) is 5.69 Å². The number of carbonyl (C=O) groups excluding carboxylic acids is 3. The third-order valence-corrected chi connectivity index (χ3v) is 5.02. The van der Waals surface area contributed by atoms with Crippen molar-refractivity contribution in [2.75, 3.05) is 12.4 Å². The highest BCUT2D eigenvalue weighted by atomic mass is 32.2. The molecule has 0 radical (unpaired) electrons. The fraction of sp³-hybridized carbons (Fsp3) is 0.318. The van der Waals surface area contributed by atoms with Gasteiger partial charge in [0.05, 0.1) is 12.7 Å². The highest BCUT2D eigenvalue weighted by Crippen LogP contribution is 2.28. The molecule has 0 aliphatic heterocycles. The number of benzene rings is 2. The standard InChI is InChI=1S/C22H26N2O4S/c1-14(21(27)28-5)29-18-9-7-6-8-17(18)20(26)23-16-12-10-15(11-13-16)19(25)24-22(2,3)4/h6-14H,1-5H3,(H,23,26)(H,24,25)/t14-/m0/s1. The lowest BCUT2D eigenvalue weighted by Crippen LogP contribution is -2.40. The van der Waals surface area contributed by atoms with E-state index < -0.39 is 5.25 Å². The Bertz CT molecular complexity index is 888. The van der Waals surface area contributed by atoms with E-state index in [0.717, 1.165) is 0 Å². The van der Waals surface area contributed by atoms with Crippen molar-refractivity contribution in [1.29, 1.82) is 0 Å². The number of nitrogens with one attached hydrogen (secondary N) is 2. The minimum Gasteiger partial charge on any atom is -0.468 e. The first-order valence-corrected chi connectivity index (χ1v) is 10.1. The number of rotatable bonds is 6. The second-order valence-electron chi connectivity index (χ2n) is 7.51. The molecule has 0 aliphatic rings. The van der Waals surface area contributed by atoms with Gasteiger partial charge in [0, 0.05) is 21.7 Å². The number of esters is 1. The van der Waals surface area contributed by atoms with Crippen LogP contribution in [-0.4, -0.2) is 35.7 Å².